The highest BCUT2D eigenvalue weighted by Gasteiger charge is 2.32. The quantitative estimate of drug-likeness (QED) is 0.759. The molecule has 0 fully saturated rings. The van der Waals surface area contributed by atoms with Crippen LogP contribution in [0.25, 0.3) is 0 Å². The molecule has 0 aromatic heterocycles. The van der Waals surface area contributed by atoms with Crippen molar-refractivity contribution in [3.05, 3.63) is 23.8 Å². The Hall–Kier alpha value is -2.75. The molecule has 1 aromatic rings. The molecule has 0 unspecified atom stereocenters. The van der Waals surface area contributed by atoms with Gasteiger partial charge in [-0.05, 0) is 38.0 Å². The molecule has 1 aromatic carbocycles. The molecule has 1 amide bonds. The molecule has 25 heavy (non-hydrogen) atoms. The average Bonchev–Trinajstić information content (AvgIpc) is 2.60. The first-order valence-corrected chi connectivity index (χ1v) is 7.84. The van der Waals surface area contributed by atoms with E-state index in [0.29, 0.717) is 11.5 Å². The maximum absolute atomic E-state index is 12.2. The van der Waals surface area contributed by atoms with Gasteiger partial charge in [0.05, 0.1) is 25.9 Å². The van der Waals surface area contributed by atoms with E-state index in [2.05, 4.69) is 11.4 Å². The van der Waals surface area contributed by atoms with E-state index in [0.717, 1.165) is 0 Å². The number of nitriles is 1. The molecular formula is C18H24N2O5. The zero-order valence-electron chi connectivity index (χ0n) is 15.4. The summed E-state index contributed by atoms with van der Waals surface area (Å²) in [6.07, 6.45) is -1.05. The number of amides is 1. The minimum atomic E-state index is -1.05. The largest absolute Gasteiger partial charge is 0.493 e. The molecule has 0 heterocycles. The van der Waals surface area contributed by atoms with Crippen molar-refractivity contribution >= 4 is 11.9 Å². The molecular weight excluding hydrogens is 324 g/mol. The Morgan fingerprint density at radius 2 is 1.76 bits per heavy atom. The molecule has 2 atom stereocenters. The van der Waals surface area contributed by atoms with Crippen LogP contribution in [-0.4, -0.2) is 37.7 Å². The first-order chi connectivity index (χ1) is 11.7. The number of hydrogen-bond donors (Lipinski definition) is 1. The van der Waals surface area contributed by atoms with Crippen LogP contribution in [0.5, 0.6) is 11.5 Å². The van der Waals surface area contributed by atoms with Gasteiger partial charge < -0.3 is 19.5 Å². The maximum Gasteiger partial charge on any atom is 0.339 e. The Balaban J connectivity index is 2.83. The lowest BCUT2D eigenvalue weighted by Gasteiger charge is -2.28. The van der Waals surface area contributed by atoms with Crippen LogP contribution < -0.4 is 14.8 Å². The predicted molar refractivity (Wildman–Crippen MR) is 91.4 cm³/mol. The van der Waals surface area contributed by atoms with Gasteiger partial charge in [-0.3, -0.25) is 4.79 Å². The summed E-state index contributed by atoms with van der Waals surface area (Å²) >= 11 is 0. The van der Waals surface area contributed by atoms with Crippen molar-refractivity contribution in [3.8, 4) is 17.6 Å². The van der Waals surface area contributed by atoms with Crippen LogP contribution in [-0.2, 0) is 9.53 Å². The van der Waals surface area contributed by atoms with E-state index < -0.39 is 23.5 Å². The van der Waals surface area contributed by atoms with E-state index in [4.69, 9.17) is 14.2 Å². The Morgan fingerprint density at radius 3 is 2.24 bits per heavy atom. The Kier molecular flexibility index (Phi) is 6.80. The summed E-state index contributed by atoms with van der Waals surface area (Å²) in [5.41, 5.74) is -0.814. The van der Waals surface area contributed by atoms with Crippen LogP contribution in [0.4, 0.5) is 0 Å². The number of hydrogen-bond acceptors (Lipinski definition) is 6. The Morgan fingerprint density at radius 1 is 1.16 bits per heavy atom. The smallest absolute Gasteiger partial charge is 0.339 e. The number of methoxy groups -OCH3 is 2. The van der Waals surface area contributed by atoms with Crippen LogP contribution in [0, 0.1) is 17.2 Å². The monoisotopic (exact) mass is 348 g/mol. The minimum absolute atomic E-state index is 0.102. The molecule has 0 aliphatic carbocycles. The van der Waals surface area contributed by atoms with Crippen molar-refractivity contribution in [3.63, 3.8) is 0 Å². The fourth-order valence-corrected chi connectivity index (χ4v) is 1.90. The van der Waals surface area contributed by atoms with Gasteiger partial charge in [-0.2, -0.15) is 5.26 Å². The van der Waals surface area contributed by atoms with Gasteiger partial charge in [-0.15, -0.1) is 0 Å². The average molecular weight is 348 g/mol. The Labute approximate surface area is 147 Å². The van der Waals surface area contributed by atoms with Crippen LogP contribution >= 0.6 is 0 Å². The van der Waals surface area contributed by atoms with Crippen molar-refractivity contribution in [1.29, 1.82) is 5.26 Å². The van der Waals surface area contributed by atoms with E-state index in [1.54, 1.807) is 13.0 Å². The highest BCUT2D eigenvalue weighted by molar-refractivity contribution is 5.93. The molecule has 0 aliphatic heterocycles. The zero-order valence-corrected chi connectivity index (χ0v) is 15.4. The molecule has 0 saturated carbocycles. The summed E-state index contributed by atoms with van der Waals surface area (Å²) < 4.78 is 15.4. The molecule has 0 saturated heterocycles. The molecule has 1 rings (SSSR count). The van der Waals surface area contributed by atoms with Crippen molar-refractivity contribution in [2.75, 3.05) is 14.2 Å². The lowest BCUT2D eigenvalue weighted by Crippen LogP contribution is -2.52. The number of nitrogens with zero attached hydrogens (tertiary/aromatic N) is 1. The molecule has 136 valence electrons. The first-order valence-electron chi connectivity index (χ1n) is 7.84. The SMILES string of the molecule is COc1ccc(C(=O)O[C@H](C)C(=O)N[C@@](C)(C#N)C(C)C)cc1OC. The van der Waals surface area contributed by atoms with Gasteiger partial charge in [0.15, 0.2) is 17.6 Å². The fourth-order valence-electron chi connectivity index (χ4n) is 1.90. The summed E-state index contributed by atoms with van der Waals surface area (Å²) in [7, 11) is 2.95. The maximum atomic E-state index is 12.2. The zero-order chi connectivity index (χ0) is 19.2. The topological polar surface area (TPSA) is 97.6 Å². The van der Waals surface area contributed by atoms with Crippen LogP contribution in [0.15, 0.2) is 18.2 Å². The van der Waals surface area contributed by atoms with Crippen LogP contribution in [0.1, 0.15) is 38.1 Å². The molecule has 7 nitrogen and oxygen atoms in total. The second-order valence-corrected chi connectivity index (χ2v) is 6.08. The summed E-state index contributed by atoms with van der Waals surface area (Å²) in [5.74, 6) is -0.453. The molecule has 1 N–H and O–H groups in total. The number of rotatable bonds is 7. The summed E-state index contributed by atoms with van der Waals surface area (Å²) in [6, 6.07) is 6.64. The van der Waals surface area contributed by atoms with E-state index >= 15 is 0 Å². The third kappa shape index (κ3) is 4.86. The van der Waals surface area contributed by atoms with E-state index in [1.807, 2.05) is 13.8 Å². The van der Waals surface area contributed by atoms with Crippen LogP contribution in [0.2, 0.25) is 0 Å². The number of ether oxygens (including phenoxy) is 3. The molecule has 0 spiro atoms. The Bertz CT molecular complexity index is 681. The number of nitrogens with one attached hydrogen (secondary N) is 1. The second-order valence-electron chi connectivity index (χ2n) is 6.08. The number of esters is 1. The third-order valence-electron chi connectivity index (χ3n) is 4.04. The van der Waals surface area contributed by atoms with E-state index in [1.165, 1.54) is 33.3 Å². The predicted octanol–water partition coefficient (Wildman–Crippen LogP) is 2.30. The van der Waals surface area contributed by atoms with Gasteiger partial charge in [-0.1, -0.05) is 13.8 Å². The van der Waals surface area contributed by atoms with E-state index in [9.17, 15) is 14.9 Å². The number of carbonyl (C=O) groups is 2. The second kappa shape index (κ2) is 8.38. The summed E-state index contributed by atoms with van der Waals surface area (Å²) in [5, 5.41) is 11.9. The van der Waals surface area contributed by atoms with Gasteiger partial charge in [0.2, 0.25) is 0 Å². The standard InChI is InChI=1S/C18H24N2O5/c1-11(2)18(4,10-19)20-16(21)12(3)25-17(22)13-7-8-14(23-5)15(9-13)24-6/h7-9,11-12H,1-6H3,(H,20,21)/t12-,18+/m1/s1. The van der Waals surface area contributed by atoms with Crippen molar-refractivity contribution in [1.82, 2.24) is 5.32 Å². The van der Waals surface area contributed by atoms with Gasteiger partial charge in [0.1, 0.15) is 5.54 Å². The molecule has 0 aliphatic rings. The van der Waals surface area contributed by atoms with Crippen molar-refractivity contribution in [2.24, 2.45) is 5.92 Å². The lowest BCUT2D eigenvalue weighted by atomic mass is 9.90. The highest BCUT2D eigenvalue weighted by atomic mass is 16.5. The number of carbonyl (C=O) groups excluding carboxylic acids is 2. The van der Waals surface area contributed by atoms with Crippen molar-refractivity contribution < 1.29 is 23.8 Å². The number of benzene rings is 1. The summed E-state index contributed by atoms with van der Waals surface area (Å²) in [6.45, 7) is 6.72. The van der Waals surface area contributed by atoms with E-state index in [-0.39, 0.29) is 11.5 Å². The van der Waals surface area contributed by atoms with Crippen LogP contribution in [0.3, 0.4) is 0 Å². The molecule has 7 heteroatoms. The van der Waals surface area contributed by atoms with Gasteiger partial charge in [-0.25, -0.2) is 4.79 Å². The van der Waals surface area contributed by atoms with Gasteiger partial charge in [0, 0.05) is 0 Å². The van der Waals surface area contributed by atoms with Gasteiger partial charge in [0.25, 0.3) is 5.91 Å². The fraction of sp³-hybridized carbons (Fsp3) is 0.500. The summed E-state index contributed by atoms with van der Waals surface area (Å²) in [4.78, 5) is 24.5. The van der Waals surface area contributed by atoms with Gasteiger partial charge >= 0.3 is 5.97 Å². The minimum Gasteiger partial charge on any atom is -0.493 e. The normalized spacial score (nSPS) is 14.0. The lowest BCUT2D eigenvalue weighted by molar-refractivity contribution is -0.130. The first kappa shape index (κ1) is 20.3. The highest BCUT2D eigenvalue weighted by Crippen LogP contribution is 2.28. The van der Waals surface area contributed by atoms with Crippen molar-refractivity contribution in [2.45, 2.75) is 39.3 Å². The third-order valence-corrected chi connectivity index (χ3v) is 4.04. The molecule has 0 bridgehead atoms. The molecule has 0 radical (unpaired) electrons.